The normalized spacial score (nSPS) is 11.9. The molecule has 1 unspecified atom stereocenters. The van der Waals surface area contributed by atoms with Crippen LogP contribution in [0.5, 0.6) is 11.5 Å². The van der Waals surface area contributed by atoms with E-state index in [1.807, 2.05) is 30.3 Å². The van der Waals surface area contributed by atoms with E-state index >= 15 is 0 Å². The Labute approximate surface area is 183 Å². The molecule has 0 aliphatic rings. The summed E-state index contributed by atoms with van der Waals surface area (Å²) < 4.78 is 26.1. The second kappa shape index (κ2) is 10.1. The molecule has 0 aliphatic carbocycles. The summed E-state index contributed by atoms with van der Waals surface area (Å²) in [7, 11) is 1.58. The molecular formula is C23H22BrClFNO2. The van der Waals surface area contributed by atoms with Crippen LogP contribution in [0, 0.1) is 5.82 Å². The maximum Gasteiger partial charge on any atom is 0.162 e. The molecule has 0 aromatic heterocycles. The number of methoxy groups -OCH3 is 1. The summed E-state index contributed by atoms with van der Waals surface area (Å²) in [6.45, 7) is 2.78. The van der Waals surface area contributed by atoms with Crippen molar-refractivity contribution in [3.8, 4) is 11.5 Å². The number of hydrogen-bond donors (Lipinski definition) is 1. The molecule has 0 radical (unpaired) electrons. The maximum atomic E-state index is 14.0. The quantitative estimate of drug-likeness (QED) is 0.392. The van der Waals surface area contributed by atoms with E-state index in [0.29, 0.717) is 28.6 Å². The van der Waals surface area contributed by atoms with Crippen molar-refractivity contribution < 1.29 is 13.9 Å². The van der Waals surface area contributed by atoms with Gasteiger partial charge in [-0.2, -0.15) is 0 Å². The zero-order valence-electron chi connectivity index (χ0n) is 16.2. The Morgan fingerprint density at radius 1 is 1.07 bits per heavy atom. The molecule has 3 aromatic rings. The summed E-state index contributed by atoms with van der Waals surface area (Å²) in [5.41, 5.74) is 2.56. The summed E-state index contributed by atoms with van der Waals surface area (Å²) in [6, 6.07) is 18.8. The van der Waals surface area contributed by atoms with E-state index in [1.165, 1.54) is 11.6 Å². The van der Waals surface area contributed by atoms with Crippen LogP contribution in [0.3, 0.4) is 0 Å². The van der Waals surface area contributed by atoms with Gasteiger partial charge in [-0.25, -0.2) is 4.39 Å². The lowest BCUT2D eigenvalue weighted by atomic mass is 10.1. The molecular weight excluding hydrogens is 457 g/mol. The van der Waals surface area contributed by atoms with Gasteiger partial charge < -0.3 is 14.8 Å². The second-order valence-electron chi connectivity index (χ2n) is 6.60. The average Bonchev–Trinajstić information content (AvgIpc) is 2.73. The van der Waals surface area contributed by atoms with Crippen LogP contribution in [-0.4, -0.2) is 7.11 Å². The van der Waals surface area contributed by atoms with Crippen LogP contribution in [0.2, 0.25) is 5.02 Å². The number of nitrogens with one attached hydrogen (secondary N) is 1. The second-order valence-corrected chi connectivity index (χ2v) is 7.86. The molecule has 0 heterocycles. The highest BCUT2D eigenvalue weighted by atomic mass is 79.9. The molecule has 3 nitrogen and oxygen atoms in total. The van der Waals surface area contributed by atoms with E-state index in [2.05, 4.69) is 40.3 Å². The van der Waals surface area contributed by atoms with Crippen LogP contribution < -0.4 is 14.8 Å². The fraction of sp³-hybridized carbons (Fsp3) is 0.217. The third kappa shape index (κ3) is 5.50. The van der Waals surface area contributed by atoms with E-state index in [0.717, 1.165) is 10.0 Å². The summed E-state index contributed by atoms with van der Waals surface area (Å²) in [5.74, 6) is 0.689. The molecule has 3 rings (SSSR count). The van der Waals surface area contributed by atoms with Crippen molar-refractivity contribution in [2.24, 2.45) is 0 Å². The molecule has 29 heavy (non-hydrogen) atoms. The molecule has 0 spiro atoms. The van der Waals surface area contributed by atoms with Gasteiger partial charge in [0.15, 0.2) is 11.5 Å². The monoisotopic (exact) mass is 477 g/mol. The average molecular weight is 479 g/mol. The van der Waals surface area contributed by atoms with Gasteiger partial charge >= 0.3 is 0 Å². The van der Waals surface area contributed by atoms with Gasteiger partial charge in [-0.05, 0) is 42.3 Å². The minimum Gasteiger partial charge on any atom is -0.493 e. The number of ether oxygens (including phenoxy) is 2. The lowest BCUT2D eigenvalue weighted by Gasteiger charge is -2.17. The summed E-state index contributed by atoms with van der Waals surface area (Å²) in [6.07, 6.45) is 0. The van der Waals surface area contributed by atoms with E-state index in [-0.39, 0.29) is 12.6 Å². The fourth-order valence-electron chi connectivity index (χ4n) is 2.93. The van der Waals surface area contributed by atoms with Crippen molar-refractivity contribution in [2.45, 2.75) is 26.1 Å². The molecule has 1 atom stereocenters. The number of benzene rings is 3. The Balaban J connectivity index is 1.72. The first-order valence-electron chi connectivity index (χ1n) is 9.20. The van der Waals surface area contributed by atoms with E-state index in [1.54, 1.807) is 19.2 Å². The van der Waals surface area contributed by atoms with Gasteiger partial charge in [0.1, 0.15) is 12.4 Å². The van der Waals surface area contributed by atoms with Crippen molar-refractivity contribution in [3.63, 3.8) is 0 Å². The number of halogens is 3. The van der Waals surface area contributed by atoms with E-state index in [4.69, 9.17) is 21.1 Å². The van der Waals surface area contributed by atoms with Gasteiger partial charge in [0.2, 0.25) is 0 Å². The number of hydrogen-bond acceptors (Lipinski definition) is 3. The lowest BCUT2D eigenvalue weighted by molar-refractivity contribution is 0.279. The van der Waals surface area contributed by atoms with Gasteiger partial charge in [-0.15, -0.1) is 0 Å². The molecule has 0 bridgehead atoms. The van der Waals surface area contributed by atoms with E-state index < -0.39 is 5.82 Å². The first-order chi connectivity index (χ1) is 14.0. The third-order valence-corrected chi connectivity index (χ3v) is 5.76. The highest BCUT2D eigenvalue weighted by Crippen LogP contribution is 2.35. The van der Waals surface area contributed by atoms with Crippen molar-refractivity contribution in [1.29, 1.82) is 0 Å². The van der Waals surface area contributed by atoms with E-state index in [9.17, 15) is 4.39 Å². The minimum absolute atomic E-state index is 0.0109. The van der Waals surface area contributed by atoms with Crippen LogP contribution in [0.1, 0.15) is 29.7 Å². The SMILES string of the molecule is COc1cc(CNC(C)c2ccccc2)c(Br)cc1OCc1c(F)cccc1Cl. The standard InChI is InChI=1S/C23H22BrClFNO2/c1-15(16-7-4-3-5-8-16)27-13-17-11-22(28-2)23(12-19(17)24)29-14-18-20(25)9-6-10-21(18)26/h3-12,15,27H,13-14H2,1-2H3. The van der Waals surface area contributed by atoms with Crippen LogP contribution >= 0.6 is 27.5 Å². The molecule has 3 aromatic carbocycles. The minimum atomic E-state index is -0.397. The molecule has 0 aliphatic heterocycles. The predicted molar refractivity (Wildman–Crippen MR) is 118 cm³/mol. The molecule has 0 saturated heterocycles. The molecule has 0 saturated carbocycles. The summed E-state index contributed by atoms with van der Waals surface area (Å²) in [5, 5.41) is 3.84. The van der Waals surface area contributed by atoms with Gasteiger partial charge in [0, 0.05) is 22.6 Å². The van der Waals surface area contributed by atoms with Gasteiger partial charge in [-0.3, -0.25) is 0 Å². The predicted octanol–water partition coefficient (Wildman–Crippen LogP) is 6.68. The van der Waals surface area contributed by atoms with Crippen molar-refractivity contribution in [1.82, 2.24) is 5.32 Å². The van der Waals surface area contributed by atoms with Crippen molar-refractivity contribution in [3.05, 3.63) is 92.7 Å². The van der Waals surface area contributed by atoms with Crippen molar-refractivity contribution >= 4 is 27.5 Å². The first kappa shape index (κ1) is 21.6. The zero-order chi connectivity index (χ0) is 20.8. The van der Waals surface area contributed by atoms with Crippen molar-refractivity contribution in [2.75, 3.05) is 7.11 Å². The Morgan fingerprint density at radius 3 is 2.52 bits per heavy atom. The molecule has 1 N–H and O–H groups in total. The first-order valence-corrected chi connectivity index (χ1v) is 10.4. The molecule has 6 heteroatoms. The van der Waals surface area contributed by atoms with Crippen LogP contribution in [-0.2, 0) is 13.2 Å². The van der Waals surface area contributed by atoms with Crippen LogP contribution in [0.15, 0.2) is 65.1 Å². The molecule has 0 amide bonds. The third-order valence-electron chi connectivity index (χ3n) is 4.66. The van der Waals surface area contributed by atoms with Crippen LogP contribution in [0.4, 0.5) is 4.39 Å². The topological polar surface area (TPSA) is 30.5 Å². The van der Waals surface area contributed by atoms with Gasteiger partial charge in [-0.1, -0.05) is 63.9 Å². The fourth-order valence-corrected chi connectivity index (χ4v) is 3.61. The Bertz CT molecular complexity index is 948. The van der Waals surface area contributed by atoms with Gasteiger partial charge in [0.05, 0.1) is 12.1 Å². The molecule has 0 fully saturated rings. The van der Waals surface area contributed by atoms with Crippen LogP contribution in [0.25, 0.3) is 0 Å². The summed E-state index contributed by atoms with van der Waals surface area (Å²) >= 11 is 9.67. The largest absolute Gasteiger partial charge is 0.493 e. The number of rotatable bonds is 8. The Hall–Kier alpha value is -2.08. The Morgan fingerprint density at radius 2 is 1.83 bits per heavy atom. The summed E-state index contributed by atoms with van der Waals surface area (Å²) in [4.78, 5) is 0. The highest BCUT2D eigenvalue weighted by molar-refractivity contribution is 9.10. The zero-order valence-corrected chi connectivity index (χ0v) is 18.6. The Kier molecular flexibility index (Phi) is 7.53. The smallest absolute Gasteiger partial charge is 0.162 e. The highest BCUT2D eigenvalue weighted by Gasteiger charge is 2.14. The lowest BCUT2D eigenvalue weighted by Crippen LogP contribution is -2.18. The van der Waals surface area contributed by atoms with Gasteiger partial charge in [0.25, 0.3) is 0 Å². The maximum absolute atomic E-state index is 14.0. The molecule has 152 valence electrons.